The molecule has 1 unspecified atom stereocenters. The van der Waals surface area contributed by atoms with Crippen molar-refractivity contribution in [1.29, 1.82) is 5.41 Å². The molecule has 24 heavy (non-hydrogen) atoms. The lowest BCUT2D eigenvalue weighted by Crippen LogP contribution is -2.57. The molecule has 126 valence electrons. The first kappa shape index (κ1) is 17.8. The van der Waals surface area contributed by atoms with Crippen LogP contribution < -0.4 is 15.5 Å². The Labute approximate surface area is 141 Å². The second-order valence-electron chi connectivity index (χ2n) is 5.32. The molecule has 0 radical (unpaired) electrons. The number of carbonyl (C=O) groups excluding carboxylic acids is 1. The molecule has 0 aliphatic carbocycles. The number of rotatable bonds is 4. The van der Waals surface area contributed by atoms with E-state index in [0.29, 0.717) is 12.1 Å². The van der Waals surface area contributed by atoms with Crippen LogP contribution in [0.3, 0.4) is 0 Å². The normalized spacial score (nSPS) is 16.7. The van der Waals surface area contributed by atoms with E-state index < -0.39 is 0 Å². The molecule has 1 fully saturated rings. The number of anilines is 1. The monoisotopic (exact) mass is 328 g/mol. The van der Waals surface area contributed by atoms with Gasteiger partial charge in [-0.15, -0.1) is 0 Å². The van der Waals surface area contributed by atoms with Crippen LogP contribution >= 0.6 is 0 Å². The number of isocyanates is 1. The van der Waals surface area contributed by atoms with Crippen molar-refractivity contribution >= 4 is 11.8 Å². The van der Waals surface area contributed by atoms with Crippen LogP contribution in [0, 0.1) is 11.2 Å². The summed E-state index contributed by atoms with van der Waals surface area (Å²) in [5.41, 5.74) is 1.90. The quantitative estimate of drug-likeness (QED) is 0.595. The summed E-state index contributed by atoms with van der Waals surface area (Å²) in [5.74, 6) is -0.153. The highest BCUT2D eigenvalue weighted by Gasteiger charge is 2.21. The molecule has 1 heterocycles. The van der Waals surface area contributed by atoms with Crippen LogP contribution in [0.15, 0.2) is 54.6 Å². The van der Waals surface area contributed by atoms with Gasteiger partial charge < -0.3 is 10.2 Å². The Balaban J connectivity index is 0.000000647. The van der Waals surface area contributed by atoms with Gasteiger partial charge in [0.2, 0.25) is 6.08 Å². The van der Waals surface area contributed by atoms with Gasteiger partial charge in [0.1, 0.15) is 5.82 Å². The standard InChI is InChI=1S/C17H20FN3.CHNO/c18-16-9-5-4-6-14(16)12-20-17-13-19-10-11-21(17)15-7-2-1-3-8-15;2-1-3/h1-9,17,19-20H,10-13H2;2H. The van der Waals surface area contributed by atoms with Gasteiger partial charge in [0, 0.05) is 37.4 Å². The number of hydrogen-bond acceptors (Lipinski definition) is 5. The van der Waals surface area contributed by atoms with Gasteiger partial charge in [0.15, 0.2) is 0 Å². The Morgan fingerprint density at radius 3 is 2.58 bits per heavy atom. The van der Waals surface area contributed by atoms with Crippen molar-refractivity contribution in [2.24, 2.45) is 0 Å². The molecular weight excluding hydrogens is 307 g/mol. The predicted octanol–water partition coefficient (Wildman–Crippen LogP) is 2.25. The molecule has 1 aliphatic heterocycles. The molecule has 3 rings (SSSR count). The highest BCUT2D eigenvalue weighted by Crippen LogP contribution is 2.17. The first-order valence-corrected chi connectivity index (χ1v) is 7.79. The molecule has 0 saturated carbocycles. The summed E-state index contributed by atoms with van der Waals surface area (Å²) < 4.78 is 13.7. The van der Waals surface area contributed by atoms with E-state index >= 15 is 0 Å². The number of para-hydroxylation sites is 1. The van der Waals surface area contributed by atoms with Crippen molar-refractivity contribution in [3.63, 3.8) is 0 Å². The number of piperazine rings is 1. The van der Waals surface area contributed by atoms with Gasteiger partial charge >= 0.3 is 0 Å². The van der Waals surface area contributed by atoms with E-state index in [-0.39, 0.29) is 12.0 Å². The van der Waals surface area contributed by atoms with Gasteiger partial charge in [-0.3, -0.25) is 5.32 Å². The van der Waals surface area contributed by atoms with Crippen LogP contribution in [0.4, 0.5) is 10.1 Å². The van der Waals surface area contributed by atoms with Gasteiger partial charge in [0.05, 0.1) is 6.17 Å². The number of halogens is 1. The summed E-state index contributed by atoms with van der Waals surface area (Å²) >= 11 is 0. The van der Waals surface area contributed by atoms with E-state index in [1.807, 2.05) is 30.3 Å². The maximum atomic E-state index is 13.7. The molecule has 2 aromatic rings. The molecule has 6 heteroatoms. The Morgan fingerprint density at radius 1 is 1.21 bits per heavy atom. The predicted molar refractivity (Wildman–Crippen MR) is 92.1 cm³/mol. The number of hydrogen-bond donors (Lipinski definition) is 3. The second-order valence-corrected chi connectivity index (χ2v) is 5.32. The third-order valence-electron chi connectivity index (χ3n) is 3.82. The van der Waals surface area contributed by atoms with E-state index in [0.717, 1.165) is 25.7 Å². The van der Waals surface area contributed by atoms with Crippen LogP contribution in [0.25, 0.3) is 0 Å². The zero-order valence-corrected chi connectivity index (χ0v) is 13.3. The van der Waals surface area contributed by atoms with Crippen LogP contribution in [-0.2, 0) is 11.3 Å². The fourth-order valence-corrected chi connectivity index (χ4v) is 2.68. The molecule has 1 aliphatic rings. The number of nitrogens with one attached hydrogen (secondary N) is 3. The summed E-state index contributed by atoms with van der Waals surface area (Å²) in [6.45, 7) is 3.29. The Morgan fingerprint density at radius 2 is 1.88 bits per heavy atom. The van der Waals surface area contributed by atoms with Gasteiger partial charge in [-0.05, 0) is 18.2 Å². The first-order chi connectivity index (χ1) is 11.8. The molecule has 1 atom stereocenters. The molecule has 0 amide bonds. The fraction of sp³-hybridized carbons (Fsp3) is 0.278. The highest BCUT2D eigenvalue weighted by molar-refractivity contribution is 5.47. The summed E-state index contributed by atoms with van der Waals surface area (Å²) in [5, 5.41) is 12.2. The van der Waals surface area contributed by atoms with E-state index in [1.165, 1.54) is 11.8 Å². The van der Waals surface area contributed by atoms with E-state index in [9.17, 15) is 4.39 Å². The minimum atomic E-state index is -0.153. The SMILES string of the molecule is Fc1ccccc1CNC1CNCCN1c1ccccc1.N=C=O. The topological polar surface area (TPSA) is 68.2 Å². The van der Waals surface area contributed by atoms with Crippen LogP contribution in [-0.4, -0.2) is 31.9 Å². The van der Waals surface area contributed by atoms with Gasteiger partial charge in [-0.1, -0.05) is 36.4 Å². The van der Waals surface area contributed by atoms with Crippen molar-refractivity contribution in [3.05, 3.63) is 66.0 Å². The summed E-state index contributed by atoms with van der Waals surface area (Å²) in [7, 11) is 0. The summed E-state index contributed by atoms with van der Waals surface area (Å²) in [6.07, 6.45) is 0.917. The largest absolute Gasteiger partial charge is 0.353 e. The molecule has 0 bridgehead atoms. The maximum Gasteiger partial charge on any atom is 0.231 e. The summed E-state index contributed by atoms with van der Waals surface area (Å²) in [6, 6.07) is 17.3. The van der Waals surface area contributed by atoms with E-state index in [2.05, 4.69) is 27.7 Å². The third kappa shape index (κ3) is 4.99. The molecule has 5 nitrogen and oxygen atoms in total. The molecule has 3 N–H and O–H groups in total. The van der Waals surface area contributed by atoms with Gasteiger partial charge in [-0.2, -0.15) is 0 Å². The lowest BCUT2D eigenvalue weighted by atomic mass is 10.2. The van der Waals surface area contributed by atoms with Crippen molar-refractivity contribution < 1.29 is 9.18 Å². The van der Waals surface area contributed by atoms with Crippen molar-refractivity contribution in [2.75, 3.05) is 24.5 Å². The van der Waals surface area contributed by atoms with Crippen LogP contribution in [0.1, 0.15) is 5.56 Å². The minimum Gasteiger partial charge on any atom is -0.353 e. The highest BCUT2D eigenvalue weighted by atomic mass is 19.1. The fourth-order valence-electron chi connectivity index (χ4n) is 2.68. The summed E-state index contributed by atoms with van der Waals surface area (Å²) in [4.78, 5) is 10.7. The molecule has 2 aromatic carbocycles. The van der Waals surface area contributed by atoms with E-state index in [1.54, 1.807) is 6.07 Å². The van der Waals surface area contributed by atoms with Crippen molar-refractivity contribution in [3.8, 4) is 0 Å². The molecule has 0 aromatic heterocycles. The van der Waals surface area contributed by atoms with Gasteiger partial charge in [-0.25, -0.2) is 14.6 Å². The molecule has 0 spiro atoms. The zero-order chi connectivity index (χ0) is 17.2. The Hall–Kier alpha value is -2.53. The molecular formula is C18H21FN4O. The van der Waals surface area contributed by atoms with E-state index in [4.69, 9.17) is 10.2 Å². The smallest absolute Gasteiger partial charge is 0.231 e. The number of nitrogens with zero attached hydrogens (tertiary/aromatic N) is 1. The average Bonchev–Trinajstić information content (AvgIpc) is 2.63. The average molecular weight is 328 g/mol. The third-order valence-corrected chi connectivity index (χ3v) is 3.82. The van der Waals surface area contributed by atoms with Crippen LogP contribution in [0.2, 0.25) is 0 Å². The van der Waals surface area contributed by atoms with Crippen LogP contribution in [0.5, 0.6) is 0 Å². The lowest BCUT2D eigenvalue weighted by Gasteiger charge is -2.38. The van der Waals surface area contributed by atoms with Crippen molar-refractivity contribution in [2.45, 2.75) is 12.7 Å². The zero-order valence-electron chi connectivity index (χ0n) is 13.3. The minimum absolute atomic E-state index is 0.153. The first-order valence-electron chi connectivity index (χ1n) is 7.79. The maximum absolute atomic E-state index is 13.7. The van der Waals surface area contributed by atoms with Gasteiger partial charge in [0.25, 0.3) is 0 Å². The lowest BCUT2D eigenvalue weighted by molar-refractivity contribution is 0.406. The Kier molecular flexibility index (Phi) is 7.11. The molecule has 1 saturated heterocycles. The number of benzene rings is 2. The van der Waals surface area contributed by atoms with Crippen molar-refractivity contribution in [1.82, 2.24) is 10.6 Å². The Bertz CT molecular complexity index is 659. The second kappa shape index (κ2) is 9.57.